The lowest BCUT2D eigenvalue weighted by Crippen LogP contribution is -2.00. The number of carbonyl (C=O) groups is 1. The van der Waals surface area contributed by atoms with Crippen LogP contribution in [-0.4, -0.2) is 5.78 Å². The Labute approximate surface area is 93.8 Å². The smallest absolute Gasteiger partial charge is 0.188 e. The minimum absolute atomic E-state index is 0.0826. The van der Waals surface area contributed by atoms with Crippen LogP contribution in [0, 0.1) is 11.6 Å². The molecule has 1 aromatic carbocycles. The molecule has 0 saturated heterocycles. The largest absolute Gasteiger partial charge is 0.289 e. The molecule has 0 spiro atoms. The maximum Gasteiger partial charge on any atom is 0.188 e. The SMILES string of the molecule is CCC(=CC(=O)c1ccc(F)cc1F)CC. The Kier molecular flexibility index (Phi) is 4.35. The van der Waals surface area contributed by atoms with E-state index in [9.17, 15) is 13.6 Å². The highest BCUT2D eigenvalue weighted by molar-refractivity contribution is 6.05. The van der Waals surface area contributed by atoms with Gasteiger partial charge < -0.3 is 0 Å². The first-order valence-corrected chi connectivity index (χ1v) is 5.27. The van der Waals surface area contributed by atoms with Gasteiger partial charge in [-0.1, -0.05) is 19.4 Å². The van der Waals surface area contributed by atoms with Crippen molar-refractivity contribution >= 4 is 5.78 Å². The van der Waals surface area contributed by atoms with Crippen LogP contribution in [0.4, 0.5) is 8.78 Å². The predicted octanol–water partition coefficient (Wildman–Crippen LogP) is 3.89. The third-order valence-corrected chi connectivity index (χ3v) is 2.44. The van der Waals surface area contributed by atoms with Crippen molar-refractivity contribution in [2.24, 2.45) is 0 Å². The lowest BCUT2D eigenvalue weighted by molar-refractivity contribution is 0.104. The van der Waals surface area contributed by atoms with Crippen LogP contribution in [0.3, 0.4) is 0 Å². The van der Waals surface area contributed by atoms with Crippen LogP contribution >= 0.6 is 0 Å². The molecule has 16 heavy (non-hydrogen) atoms. The summed E-state index contributed by atoms with van der Waals surface area (Å²) in [5.41, 5.74) is 0.870. The molecule has 0 N–H and O–H groups in total. The minimum Gasteiger partial charge on any atom is -0.289 e. The van der Waals surface area contributed by atoms with E-state index in [0.29, 0.717) is 0 Å². The van der Waals surface area contributed by atoms with Crippen LogP contribution < -0.4 is 0 Å². The van der Waals surface area contributed by atoms with E-state index in [1.807, 2.05) is 13.8 Å². The molecule has 0 unspecified atom stereocenters. The van der Waals surface area contributed by atoms with Gasteiger partial charge in [-0.05, 0) is 31.1 Å². The monoisotopic (exact) mass is 224 g/mol. The highest BCUT2D eigenvalue weighted by atomic mass is 19.1. The summed E-state index contributed by atoms with van der Waals surface area (Å²) in [5.74, 6) is -1.90. The second-order valence-electron chi connectivity index (χ2n) is 3.50. The van der Waals surface area contributed by atoms with Gasteiger partial charge in [-0.15, -0.1) is 0 Å². The number of rotatable bonds is 4. The Morgan fingerprint density at radius 1 is 1.25 bits per heavy atom. The molecule has 0 aliphatic carbocycles. The molecule has 0 heterocycles. The molecule has 1 nitrogen and oxygen atoms in total. The number of benzene rings is 1. The van der Waals surface area contributed by atoms with Crippen molar-refractivity contribution in [2.45, 2.75) is 26.7 Å². The maximum atomic E-state index is 13.3. The van der Waals surface area contributed by atoms with E-state index in [1.165, 1.54) is 12.1 Å². The van der Waals surface area contributed by atoms with Gasteiger partial charge in [-0.3, -0.25) is 4.79 Å². The van der Waals surface area contributed by atoms with E-state index < -0.39 is 17.4 Å². The minimum atomic E-state index is -0.812. The Balaban J connectivity index is 3.01. The standard InChI is InChI=1S/C13H14F2O/c1-3-9(4-2)7-13(16)11-6-5-10(14)8-12(11)15/h5-8H,3-4H2,1-2H3. The molecule has 0 saturated carbocycles. The lowest BCUT2D eigenvalue weighted by atomic mass is 10.0. The molecule has 0 radical (unpaired) electrons. The van der Waals surface area contributed by atoms with E-state index in [4.69, 9.17) is 0 Å². The number of allylic oxidation sites excluding steroid dienone is 2. The second-order valence-corrected chi connectivity index (χ2v) is 3.50. The van der Waals surface area contributed by atoms with Crippen molar-refractivity contribution in [3.63, 3.8) is 0 Å². The number of halogens is 2. The van der Waals surface area contributed by atoms with Gasteiger partial charge >= 0.3 is 0 Å². The zero-order valence-electron chi connectivity index (χ0n) is 9.39. The van der Waals surface area contributed by atoms with Crippen LogP contribution in [-0.2, 0) is 0 Å². The van der Waals surface area contributed by atoms with Gasteiger partial charge in [0.25, 0.3) is 0 Å². The summed E-state index contributed by atoms with van der Waals surface area (Å²) < 4.78 is 25.9. The van der Waals surface area contributed by atoms with Gasteiger partial charge in [0.2, 0.25) is 0 Å². The highest BCUT2D eigenvalue weighted by Gasteiger charge is 2.10. The van der Waals surface area contributed by atoms with Crippen LogP contribution in [0.2, 0.25) is 0 Å². The Bertz CT molecular complexity index is 416. The molecule has 1 aromatic rings. The molecule has 86 valence electrons. The van der Waals surface area contributed by atoms with Gasteiger partial charge in [-0.2, -0.15) is 0 Å². The van der Waals surface area contributed by atoms with Crippen molar-refractivity contribution in [1.29, 1.82) is 0 Å². The van der Waals surface area contributed by atoms with E-state index in [-0.39, 0.29) is 5.56 Å². The molecule has 0 aliphatic rings. The first-order chi connectivity index (χ1) is 7.58. The molecular formula is C13H14F2O. The van der Waals surface area contributed by atoms with Crippen molar-refractivity contribution in [3.8, 4) is 0 Å². The molecule has 0 amide bonds. The summed E-state index contributed by atoms with van der Waals surface area (Å²) in [7, 11) is 0. The summed E-state index contributed by atoms with van der Waals surface area (Å²) in [5, 5.41) is 0. The van der Waals surface area contributed by atoms with Crippen LogP contribution in [0.15, 0.2) is 29.8 Å². The third-order valence-electron chi connectivity index (χ3n) is 2.44. The highest BCUT2D eigenvalue weighted by Crippen LogP contribution is 2.13. The zero-order chi connectivity index (χ0) is 12.1. The fourth-order valence-electron chi connectivity index (χ4n) is 1.41. The van der Waals surface area contributed by atoms with Crippen molar-refractivity contribution in [2.75, 3.05) is 0 Å². The van der Waals surface area contributed by atoms with E-state index in [1.54, 1.807) is 0 Å². The topological polar surface area (TPSA) is 17.1 Å². The van der Waals surface area contributed by atoms with Gasteiger partial charge in [0.15, 0.2) is 5.78 Å². The van der Waals surface area contributed by atoms with Gasteiger partial charge in [0.05, 0.1) is 5.56 Å². The first kappa shape index (κ1) is 12.6. The molecule has 0 aliphatic heterocycles. The van der Waals surface area contributed by atoms with E-state index in [0.717, 1.165) is 30.5 Å². The quantitative estimate of drug-likeness (QED) is 0.560. The number of ketones is 1. The molecule has 0 atom stereocenters. The molecule has 0 fully saturated rings. The van der Waals surface area contributed by atoms with E-state index in [2.05, 4.69) is 0 Å². The third kappa shape index (κ3) is 2.99. The molecular weight excluding hydrogens is 210 g/mol. The Morgan fingerprint density at radius 2 is 1.88 bits per heavy atom. The van der Waals surface area contributed by atoms with Crippen LogP contribution in [0.25, 0.3) is 0 Å². The summed E-state index contributed by atoms with van der Waals surface area (Å²) in [6.45, 7) is 3.87. The Morgan fingerprint density at radius 3 is 2.38 bits per heavy atom. The summed E-state index contributed by atoms with van der Waals surface area (Å²) in [4.78, 5) is 11.7. The molecule has 1 rings (SSSR count). The number of hydrogen-bond acceptors (Lipinski definition) is 1. The second kappa shape index (κ2) is 5.54. The first-order valence-electron chi connectivity index (χ1n) is 5.27. The average molecular weight is 224 g/mol. The Hall–Kier alpha value is -1.51. The van der Waals surface area contributed by atoms with Gasteiger partial charge in [-0.25, -0.2) is 8.78 Å². The van der Waals surface area contributed by atoms with E-state index >= 15 is 0 Å². The number of carbonyl (C=O) groups excluding carboxylic acids is 1. The van der Waals surface area contributed by atoms with Gasteiger partial charge in [0.1, 0.15) is 11.6 Å². The number of hydrogen-bond donors (Lipinski definition) is 0. The fourth-order valence-corrected chi connectivity index (χ4v) is 1.41. The molecule has 0 bridgehead atoms. The van der Waals surface area contributed by atoms with Crippen molar-refractivity contribution in [3.05, 3.63) is 47.0 Å². The lowest BCUT2D eigenvalue weighted by Gasteiger charge is -2.01. The fraction of sp³-hybridized carbons (Fsp3) is 0.308. The van der Waals surface area contributed by atoms with Gasteiger partial charge in [0, 0.05) is 6.07 Å². The van der Waals surface area contributed by atoms with Crippen molar-refractivity contribution in [1.82, 2.24) is 0 Å². The zero-order valence-corrected chi connectivity index (χ0v) is 9.39. The predicted molar refractivity (Wildman–Crippen MR) is 59.4 cm³/mol. The van der Waals surface area contributed by atoms with Crippen LogP contribution in [0.1, 0.15) is 37.0 Å². The maximum absolute atomic E-state index is 13.3. The van der Waals surface area contributed by atoms with Crippen molar-refractivity contribution < 1.29 is 13.6 Å². The molecule has 3 heteroatoms. The van der Waals surface area contributed by atoms with Crippen LogP contribution in [0.5, 0.6) is 0 Å². The summed E-state index contributed by atoms with van der Waals surface area (Å²) >= 11 is 0. The molecule has 0 aromatic heterocycles. The average Bonchev–Trinajstić information content (AvgIpc) is 2.25. The summed E-state index contributed by atoms with van der Waals surface area (Å²) in [6, 6.07) is 2.98. The normalized spacial score (nSPS) is 10.0. The summed E-state index contributed by atoms with van der Waals surface area (Å²) in [6.07, 6.45) is 2.94.